The lowest BCUT2D eigenvalue weighted by atomic mass is 9.53. The van der Waals surface area contributed by atoms with E-state index in [1.807, 2.05) is 36.4 Å². The number of hydrogen-bond acceptors (Lipinski definition) is 3. The lowest BCUT2D eigenvalue weighted by molar-refractivity contribution is -0.165. The van der Waals surface area contributed by atoms with Gasteiger partial charge in [0.2, 0.25) is 0 Å². The third kappa shape index (κ3) is 2.65. The summed E-state index contributed by atoms with van der Waals surface area (Å²) in [7, 11) is 1.34. The molecule has 1 aliphatic carbocycles. The third-order valence-corrected chi connectivity index (χ3v) is 5.17. The van der Waals surface area contributed by atoms with E-state index in [9.17, 15) is 9.59 Å². The van der Waals surface area contributed by atoms with E-state index in [4.69, 9.17) is 4.74 Å². The van der Waals surface area contributed by atoms with Crippen LogP contribution in [-0.2, 0) is 14.3 Å². The van der Waals surface area contributed by atoms with E-state index in [0.29, 0.717) is 0 Å². The van der Waals surface area contributed by atoms with E-state index >= 15 is 0 Å². The molecule has 2 rings (SSSR count). The van der Waals surface area contributed by atoms with E-state index in [1.54, 1.807) is 6.08 Å². The van der Waals surface area contributed by atoms with Crippen LogP contribution in [0.2, 0.25) is 0 Å². The summed E-state index contributed by atoms with van der Waals surface area (Å²) in [6.45, 7) is 9.28. The van der Waals surface area contributed by atoms with Crippen LogP contribution in [0, 0.1) is 17.3 Å². The summed E-state index contributed by atoms with van der Waals surface area (Å²) in [5, 5.41) is 0. The molecule has 4 unspecified atom stereocenters. The fourth-order valence-corrected chi connectivity index (χ4v) is 4.13. The minimum absolute atomic E-state index is 0.0385. The highest BCUT2D eigenvalue weighted by Crippen LogP contribution is 2.55. The Morgan fingerprint density at radius 1 is 1.17 bits per heavy atom. The van der Waals surface area contributed by atoms with Crippen molar-refractivity contribution >= 4 is 11.8 Å². The number of ketones is 1. The Bertz CT molecular complexity index is 605. The fraction of sp³-hybridized carbons (Fsp3) is 0.400. The van der Waals surface area contributed by atoms with Crippen molar-refractivity contribution in [2.45, 2.75) is 25.7 Å². The van der Waals surface area contributed by atoms with E-state index in [2.05, 4.69) is 13.2 Å². The predicted molar refractivity (Wildman–Crippen MR) is 90.9 cm³/mol. The van der Waals surface area contributed by atoms with Crippen LogP contribution in [0.1, 0.15) is 31.2 Å². The molecule has 0 saturated heterocycles. The average Bonchev–Trinajstić information content (AvgIpc) is 2.59. The van der Waals surface area contributed by atoms with Crippen molar-refractivity contribution in [2.24, 2.45) is 17.3 Å². The minimum Gasteiger partial charge on any atom is -0.468 e. The van der Waals surface area contributed by atoms with Crippen molar-refractivity contribution in [3.8, 4) is 0 Å². The normalized spacial score (nSPS) is 30.3. The van der Waals surface area contributed by atoms with Crippen LogP contribution < -0.4 is 0 Å². The van der Waals surface area contributed by atoms with Crippen molar-refractivity contribution in [2.75, 3.05) is 7.11 Å². The number of rotatable bonds is 5. The number of Topliss-reactive ketones (excluding diaryl/α,β-unsaturated/α-hetero) is 1. The molecule has 1 saturated carbocycles. The summed E-state index contributed by atoms with van der Waals surface area (Å²) in [5.41, 5.74) is -0.279. The maximum atomic E-state index is 12.8. The lowest BCUT2D eigenvalue weighted by Crippen LogP contribution is -2.53. The summed E-state index contributed by atoms with van der Waals surface area (Å²) in [4.78, 5) is 25.6. The Kier molecular flexibility index (Phi) is 5.19. The summed E-state index contributed by atoms with van der Waals surface area (Å²) < 4.78 is 5.09. The summed E-state index contributed by atoms with van der Waals surface area (Å²) in [6.07, 6.45) is 5.18. The highest BCUT2D eigenvalue weighted by atomic mass is 16.5. The van der Waals surface area contributed by atoms with E-state index in [-0.39, 0.29) is 23.5 Å². The van der Waals surface area contributed by atoms with Gasteiger partial charge in [0, 0.05) is 11.8 Å². The number of hydrogen-bond donors (Lipinski definition) is 0. The van der Waals surface area contributed by atoms with Gasteiger partial charge in [0.15, 0.2) is 0 Å². The molecule has 1 aromatic rings. The van der Waals surface area contributed by atoms with E-state index in [0.717, 1.165) is 18.4 Å². The molecule has 0 aliphatic heterocycles. The highest BCUT2D eigenvalue weighted by molar-refractivity contribution is 6.04. The number of allylic oxidation sites excluding steroid dienone is 2. The molecule has 3 nitrogen and oxygen atoms in total. The second-order valence-electron chi connectivity index (χ2n) is 6.12. The van der Waals surface area contributed by atoms with Gasteiger partial charge in [0.25, 0.3) is 0 Å². The maximum absolute atomic E-state index is 12.8. The molecular formula is C20H24O3. The van der Waals surface area contributed by atoms with Gasteiger partial charge in [-0.3, -0.25) is 9.59 Å². The predicted octanol–water partition coefficient (Wildman–Crippen LogP) is 3.92. The first-order valence-corrected chi connectivity index (χ1v) is 7.93. The zero-order valence-electron chi connectivity index (χ0n) is 13.8. The third-order valence-electron chi connectivity index (χ3n) is 5.17. The molecular weight excluding hydrogens is 288 g/mol. The SMILES string of the molecule is C=CC1CCC(C=C)C(C(C)=O)(C(=O)OC)C1c1ccccc1. The standard InChI is InChI=1S/C20H24O3/c1-5-15-12-13-17(6-2)20(14(3)21,19(22)23-4)18(15)16-10-8-7-9-11-16/h5-11,15,17-18H,1-2,12-13H2,3-4H3. The fourth-order valence-electron chi connectivity index (χ4n) is 4.13. The second kappa shape index (κ2) is 6.95. The highest BCUT2D eigenvalue weighted by Gasteiger charge is 2.59. The van der Waals surface area contributed by atoms with Gasteiger partial charge < -0.3 is 4.74 Å². The molecule has 1 aromatic carbocycles. The molecule has 0 radical (unpaired) electrons. The van der Waals surface area contributed by atoms with Crippen molar-refractivity contribution < 1.29 is 14.3 Å². The van der Waals surface area contributed by atoms with Crippen LogP contribution in [0.15, 0.2) is 55.6 Å². The number of esters is 1. The average molecular weight is 312 g/mol. The van der Waals surface area contributed by atoms with Gasteiger partial charge in [-0.15, -0.1) is 13.2 Å². The molecule has 0 aromatic heterocycles. The summed E-state index contributed by atoms with van der Waals surface area (Å²) in [5.74, 6) is -1.14. The molecule has 0 heterocycles. The van der Waals surface area contributed by atoms with Gasteiger partial charge >= 0.3 is 5.97 Å². The number of ether oxygens (including phenoxy) is 1. The maximum Gasteiger partial charge on any atom is 0.320 e. The van der Waals surface area contributed by atoms with Crippen molar-refractivity contribution in [3.05, 3.63) is 61.2 Å². The first-order valence-electron chi connectivity index (χ1n) is 7.93. The Morgan fingerprint density at radius 3 is 2.30 bits per heavy atom. The molecule has 1 fully saturated rings. The number of carbonyl (C=O) groups is 2. The molecule has 23 heavy (non-hydrogen) atoms. The quantitative estimate of drug-likeness (QED) is 0.470. The Hall–Kier alpha value is -2.16. The molecule has 0 bridgehead atoms. The molecule has 3 heteroatoms. The first kappa shape index (κ1) is 17.2. The topological polar surface area (TPSA) is 43.4 Å². The van der Waals surface area contributed by atoms with Crippen LogP contribution in [-0.4, -0.2) is 18.9 Å². The Balaban J connectivity index is 2.74. The summed E-state index contributed by atoms with van der Waals surface area (Å²) >= 11 is 0. The minimum atomic E-state index is -1.24. The Morgan fingerprint density at radius 2 is 1.83 bits per heavy atom. The summed E-state index contributed by atoms with van der Waals surface area (Å²) in [6, 6.07) is 9.71. The molecule has 1 aliphatic rings. The first-order chi connectivity index (χ1) is 11.0. The van der Waals surface area contributed by atoms with Gasteiger partial charge in [0.1, 0.15) is 11.2 Å². The molecule has 122 valence electrons. The van der Waals surface area contributed by atoms with Crippen LogP contribution in [0.4, 0.5) is 0 Å². The van der Waals surface area contributed by atoms with E-state index < -0.39 is 11.4 Å². The molecule has 4 atom stereocenters. The zero-order chi connectivity index (χ0) is 17.0. The molecule has 0 N–H and O–H groups in total. The van der Waals surface area contributed by atoms with Crippen molar-refractivity contribution in [1.82, 2.24) is 0 Å². The second-order valence-corrected chi connectivity index (χ2v) is 6.12. The Labute approximate surface area is 138 Å². The van der Waals surface area contributed by atoms with Crippen molar-refractivity contribution in [3.63, 3.8) is 0 Å². The van der Waals surface area contributed by atoms with Crippen molar-refractivity contribution in [1.29, 1.82) is 0 Å². The van der Waals surface area contributed by atoms with Crippen LogP contribution in [0.3, 0.4) is 0 Å². The monoisotopic (exact) mass is 312 g/mol. The van der Waals surface area contributed by atoms with Gasteiger partial charge in [-0.2, -0.15) is 0 Å². The number of methoxy groups -OCH3 is 1. The molecule has 0 amide bonds. The van der Waals surface area contributed by atoms with Gasteiger partial charge in [-0.25, -0.2) is 0 Å². The smallest absolute Gasteiger partial charge is 0.320 e. The van der Waals surface area contributed by atoms with Gasteiger partial charge in [0.05, 0.1) is 7.11 Å². The van der Waals surface area contributed by atoms with Crippen LogP contribution in [0.5, 0.6) is 0 Å². The zero-order valence-corrected chi connectivity index (χ0v) is 13.8. The largest absolute Gasteiger partial charge is 0.468 e. The van der Waals surface area contributed by atoms with Gasteiger partial charge in [-0.1, -0.05) is 42.5 Å². The van der Waals surface area contributed by atoms with Crippen LogP contribution >= 0.6 is 0 Å². The number of benzene rings is 1. The lowest BCUT2D eigenvalue weighted by Gasteiger charge is -2.48. The van der Waals surface area contributed by atoms with Crippen LogP contribution in [0.25, 0.3) is 0 Å². The number of carbonyl (C=O) groups excluding carboxylic acids is 2. The molecule has 0 spiro atoms. The van der Waals surface area contributed by atoms with Gasteiger partial charge in [-0.05, 0) is 31.2 Å². The van der Waals surface area contributed by atoms with E-state index in [1.165, 1.54) is 14.0 Å².